The Morgan fingerprint density at radius 1 is 1.08 bits per heavy atom. The van der Waals surface area contributed by atoms with E-state index in [4.69, 9.17) is 0 Å². The smallest absolute Gasteiger partial charge is 0.321 e. The van der Waals surface area contributed by atoms with Crippen molar-refractivity contribution in [2.45, 2.75) is 13.0 Å². The highest BCUT2D eigenvalue weighted by atomic mass is 16.2. The van der Waals surface area contributed by atoms with Gasteiger partial charge >= 0.3 is 6.03 Å². The zero-order valence-electron chi connectivity index (χ0n) is 13.7. The SMILES string of the molecule is O=C(Nc1ccccc1)N1CCC2(CN(Cc3ccccn3)C2)C1. The molecule has 0 radical (unpaired) electrons. The maximum Gasteiger partial charge on any atom is 0.321 e. The van der Waals surface area contributed by atoms with E-state index in [2.05, 4.69) is 21.3 Å². The minimum absolute atomic E-state index is 0.0150. The Labute approximate surface area is 142 Å². The van der Waals surface area contributed by atoms with Crippen molar-refractivity contribution in [1.29, 1.82) is 0 Å². The highest BCUT2D eigenvalue weighted by molar-refractivity contribution is 5.89. The lowest BCUT2D eigenvalue weighted by molar-refractivity contribution is 0.00397. The summed E-state index contributed by atoms with van der Waals surface area (Å²) in [7, 11) is 0. The molecule has 3 heterocycles. The summed E-state index contributed by atoms with van der Waals surface area (Å²) < 4.78 is 0. The predicted molar refractivity (Wildman–Crippen MR) is 93.6 cm³/mol. The van der Waals surface area contributed by atoms with Crippen molar-refractivity contribution in [2.24, 2.45) is 5.41 Å². The van der Waals surface area contributed by atoms with E-state index in [1.165, 1.54) is 0 Å². The van der Waals surface area contributed by atoms with Gasteiger partial charge in [0.1, 0.15) is 0 Å². The van der Waals surface area contributed by atoms with Crippen LogP contribution in [0.5, 0.6) is 0 Å². The molecule has 1 aromatic heterocycles. The van der Waals surface area contributed by atoms with Crippen molar-refractivity contribution in [3.8, 4) is 0 Å². The molecule has 5 heteroatoms. The molecular formula is C19H22N4O. The summed E-state index contributed by atoms with van der Waals surface area (Å²) in [5, 5.41) is 2.98. The van der Waals surface area contributed by atoms with Gasteiger partial charge < -0.3 is 10.2 Å². The third-order valence-corrected chi connectivity index (χ3v) is 4.98. The molecule has 2 saturated heterocycles. The van der Waals surface area contributed by atoms with Gasteiger partial charge in [-0.25, -0.2) is 4.79 Å². The van der Waals surface area contributed by atoms with E-state index < -0.39 is 0 Å². The number of pyridine rings is 1. The molecule has 1 N–H and O–H groups in total. The molecule has 0 aliphatic carbocycles. The van der Waals surface area contributed by atoms with Crippen LogP contribution in [-0.4, -0.2) is 47.0 Å². The number of para-hydroxylation sites is 1. The maximum atomic E-state index is 12.4. The van der Waals surface area contributed by atoms with Crippen molar-refractivity contribution in [3.05, 3.63) is 60.4 Å². The van der Waals surface area contributed by atoms with E-state index in [1.807, 2.05) is 53.6 Å². The summed E-state index contributed by atoms with van der Waals surface area (Å²) in [5.41, 5.74) is 2.25. The van der Waals surface area contributed by atoms with Gasteiger partial charge in [0.25, 0.3) is 0 Å². The normalized spacial score (nSPS) is 19.2. The van der Waals surface area contributed by atoms with Crippen LogP contribution < -0.4 is 5.32 Å². The second-order valence-electron chi connectivity index (χ2n) is 6.93. The predicted octanol–water partition coefficient (Wildman–Crippen LogP) is 2.82. The van der Waals surface area contributed by atoms with Crippen LogP contribution in [0.3, 0.4) is 0 Å². The Morgan fingerprint density at radius 3 is 2.62 bits per heavy atom. The van der Waals surface area contributed by atoms with E-state index in [0.29, 0.717) is 0 Å². The van der Waals surface area contributed by atoms with Gasteiger partial charge in [0.2, 0.25) is 0 Å². The molecule has 2 fully saturated rings. The average Bonchev–Trinajstić information content (AvgIpc) is 3.02. The molecule has 2 amide bonds. The van der Waals surface area contributed by atoms with Gasteiger partial charge in [0.05, 0.1) is 5.69 Å². The summed E-state index contributed by atoms with van der Waals surface area (Å²) in [6, 6.07) is 15.7. The fourth-order valence-corrected chi connectivity index (χ4v) is 3.83. The second-order valence-corrected chi connectivity index (χ2v) is 6.93. The van der Waals surface area contributed by atoms with E-state index in [0.717, 1.165) is 50.5 Å². The summed E-state index contributed by atoms with van der Waals surface area (Å²) in [6.07, 6.45) is 2.93. The minimum atomic E-state index is 0.0150. The maximum absolute atomic E-state index is 12.4. The number of carbonyl (C=O) groups is 1. The number of likely N-dealkylation sites (tertiary alicyclic amines) is 2. The number of benzene rings is 1. The largest absolute Gasteiger partial charge is 0.324 e. The topological polar surface area (TPSA) is 48.5 Å². The second kappa shape index (κ2) is 6.24. The first kappa shape index (κ1) is 15.1. The highest BCUT2D eigenvalue weighted by Crippen LogP contribution is 2.40. The molecule has 24 heavy (non-hydrogen) atoms. The van der Waals surface area contributed by atoms with Crippen LogP contribution in [0.1, 0.15) is 12.1 Å². The summed E-state index contributed by atoms with van der Waals surface area (Å²) in [4.78, 5) is 21.2. The van der Waals surface area contributed by atoms with Crippen LogP contribution in [0.4, 0.5) is 10.5 Å². The Bertz CT molecular complexity index is 698. The molecule has 0 atom stereocenters. The fourth-order valence-electron chi connectivity index (χ4n) is 3.83. The van der Waals surface area contributed by atoms with E-state index in [1.54, 1.807) is 0 Å². The Hall–Kier alpha value is -2.40. The summed E-state index contributed by atoms with van der Waals surface area (Å²) >= 11 is 0. The van der Waals surface area contributed by atoms with Gasteiger partial charge in [-0.05, 0) is 30.7 Å². The van der Waals surface area contributed by atoms with Gasteiger partial charge in [0.15, 0.2) is 0 Å². The van der Waals surface area contributed by atoms with Crippen molar-refractivity contribution in [3.63, 3.8) is 0 Å². The average molecular weight is 322 g/mol. The molecule has 1 aromatic carbocycles. The van der Waals surface area contributed by atoms with Crippen molar-refractivity contribution >= 4 is 11.7 Å². The van der Waals surface area contributed by atoms with Crippen LogP contribution in [0.15, 0.2) is 54.7 Å². The molecular weight excluding hydrogens is 300 g/mol. The summed E-state index contributed by atoms with van der Waals surface area (Å²) in [5.74, 6) is 0. The number of nitrogens with one attached hydrogen (secondary N) is 1. The first-order valence-electron chi connectivity index (χ1n) is 8.46. The molecule has 5 nitrogen and oxygen atoms in total. The number of nitrogens with zero attached hydrogens (tertiary/aromatic N) is 3. The van der Waals surface area contributed by atoms with Crippen LogP contribution in [0.2, 0.25) is 0 Å². The lowest BCUT2D eigenvalue weighted by Crippen LogP contribution is -2.57. The lowest BCUT2D eigenvalue weighted by Gasteiger charge is -2.47. The van der Waals surface area contributed by atoms with E-state index >= 15 is 0 Å². The number of hydrogen-bond donors (Lipinski definition) is 1. The molecule has 2 aliphatic heterocycles. The third-order valence-electron chi connectivity index (χ3n) is 4.98. The van der Waals surface area contributed by atoms with Gasteiger partial charge in [0, 0.05) is 50.0 Å². The molecule has 124 valence electrons. The monoisotopic (exact) mass is 322 g/mol. The standard InChI is InChI=1S/C19H22N4O/c24-18(21-16-6-2-1-3-7-16)23-11-9-19(15-23)13-22(14-19)12-17-8-4-5-10-20-17/h1-8,10H,9,11-15H2,(H,21,24). The zero-order chi connectivity index (χ0) is 16.4. The molecule has 0 bridgehead atoms. The first-order chi connectivity index (χ1) is 11.7. The Morgan fingerprint density at radius 2 is 1.88 bits per heavy atom. The quantitative estimate of drug-likeness (QED) is 0.945. The van der Waals surface area contributed by atoms with Crippen LogP contribution in [-0.2, 0) is 6.54 Å². The van der Waals surface area contributed by atoms with Gasteiger partial charge in [-0.2, -0.15) is 0 Å². The number of amides is 2. The number of aromatic nitrogens is 1. The zero-order valence-corrected chi connectivity index (χ0v) is 13.7. The minimum Gasteiger partial charge on any atom is -0.324 e. The van der Waals surface area contributed by atoms with Crippen molar-refractivity contribution < 1.29 is 4.79 Å². The van der Waals surface area contributed by atoms with Gasteiger partial charge in [-0.15, -0.1) is 0 Å². The summed E-state index contributed by atoms with van der Waals surface area (Å²) in [6.45, 7) is 4.71. The number of carbonyl (C=O) groups excluding carboxylic acids is 1. The molecule has 4 rings (SSSR count). The lowest BCUT2D eigenvalue weighted by atomic mass is 9.79. The van der Waals surface area contributed by atoms with E-state index in [9.17, 15) is 4.79 Å². The van der Waals surface area contributed by atoms with Crippen LogP contribution >= 0.6 is 0 Å². The molecule has 1 spiro atoms. The van der Waals surface area contributed by atoms with Crippen molar-refractivity contribution in [1.82, 2.24) is 14.8 Å². The van der Waals surface area contributed by atoms with Crippen LogP contribution in [0.25, 0.3) is 0 Å². The third kappa shape index (κ3) is 3.12. The van der Waals surface area contributed by atoms with Gasteiger partial charge in [-0.1, -0.05) is 24.3 Å². The first-order valence-corrected chi connectivity index (χ1v) is 8.46. The Balaban J connectivity index is 1.29. The number of hydrogen-bond acceptors (Lipinski definition) is 3. The molecule has 0 saturated carbocycles. The number of rotatable bonds is 3. The Kier molecular flexibility index (Phi) is 3.94. The molecule has 0 unspecified atom stereocenters. The van der Waals surface area contributed by atoms with Crippen LogP contribution in [0, 0.1) is 5.41 Å². The molecule has 2 aromatic rings. The van der Waals surface area contributed by atoms with Crippen molar-refractivity contribution in [2.75, 3.05) is 31.5 Å². The molecule has 2 aliphatic rings. The van der Waals surface area contributed by atoms with E-state index in [-0.39, 0.29) is 11.4 Å². The number of urea groups is 1. The fraction of sp³-hybridized carbons (Fsp3) is 0.368. The highest BCUT2D eigenvalue weighted by Gasteiger charge is 2.48. The van der Waals surface area contributed by atoms with Gasteiger partial charge in [-0.3, -0.25) is 9.88 Å². The number of anilines is 1.